The molecule has 130 valence electrons. The zero-order valence-corrected chi connectivity index (χ0v) is 13.5. The van der Waals surface area contributed by atoms with Gasteiger partial charge in [0.15, 0.2) is 5.75 Å². The molecule has 1 N–H and O–H groups in total. The van der Waals surface area contributed by atoms with Crippen molar-refractivity contribution in [3.05, 3.63) is 57.4 Å². The van der Waals surface area contributed by atoms with Gasteiger partial charge in [-0.1, -0.05) is 34.9 Å². The molecule has 0 radical (unpaired) electrons. The Hall–Kier alpha value is -2.57. The molecule has 0 saturated heterocycles. The van der Waals surface area contributed by atoms with E-state index < -0.39 is 17.8 Å². The maximum absolute atomic E-state index is 13.4. The van der Waals surface area contributed by atoms with Crippen LogP contribution in [0.5, 0.6) is 5.75 Å². The highest BCUT2D eigenvalue weighted by Gasteiger charge is 2.35. The number of halogens is 4. The standard InChI is InChI=1S/C16H12ClF3N4O/c17-9-4-5-11(13(6-9)16(18,19)20)12-2-1-3-14-15(12)25-10(7-22-14)8-23-24-21/h1-6,10,22H,7-8H2. The molecule has 1 atom stereocenters. The number of anilines is 1. The van der Waals surface area contributed by atoms with Gasteiger partial charge in [-0.15, -0.1) is 0 Å². The van der Waals surface area contributed by atoms with Crippen molar-refractivity contribution in [2.75, 3.05) is 18.4 Å². The van der Waals surface area contributed by atoms with Crippen LogP contribution in [-0.4, -0.2) is 19.2 Å². The SMILES string of the molecule is [N-]=[N+]=NCC1CNc2cccc(-c3ccc(Cl)cc3C(F)(F)F)c2O1. The molecular weight excluding hydrogens is 357 g/mol. The molecule has 0 amide bonds. The fraction of sp³-hybridized carbons (Fsp3) is 0.250. The molecule has 2 aromatic rings. The minimum Gasteiger partial charge on any atom is -0.486 e. The predicted octanol–water partition coefficient (Wildman–Crippen LogP) is 5.51. The summed E-state index contributed by atoms with van der Waals surface area (Å²) >= 11 is 5.74. The van der Waals surface area contributed by atoms with Crippen molar-refractivity contribution in [2.24, 2.45) is 5.11 Å². The van der Waals surface area contributed by atoms with Crippen LogP contribution in [0.25, 0.3) is 21.6 Å². The van der Waals surface area contributed by atoms with Crippen molar-refractivity contribution in [2.45, 2.75) is 12.3 Å². The number of rotatable bonds is 3. The van der Waals surface area contributed by atoms with E-state index in [1.165, 1.54) is 12.1 Å². The van der Waals surface area contributed by atoms with Gasteiger partial charge in [-0.25, -0.2) is 0 Å². The lowest BCUT2D eigenvalue weighted by atomic mass is 9.97. The fourth-order valence-electron chi connectivity index (χ4n) is 2.66. The lowest BCUT2D eigenvalue weighted by Crippen LogP contribution is -2.33. The third kappa shape index (κ3) is 3.60. The second kappa shape index (κ2) is 6.74. The van der Waals surface area contributed by atoms with Gasteiger partial charge < -0.3 is 10.1 Å². The van der Waals surface area contributed by atoms with Crippen LogP contribution in [0.3, 0.4) is 0 Å². The fourth-order valence-corrected chi connectivity index (χ4v) is 2.83. The first-order valence-electron chi connectivity index (χ1n) is 7.31. The molecule has 0 saturated carbocycles. The van der Waals surface area contributed by atoms with E-state index in [1.54, 1.807) is 18.2 Å². The lowest BCUT2D eigenvalue weighted by Gasteiger charge is -2.29. The summed E-state index contributed by atoms with van der Waals surface area (Å²) in [5.74, 6) is 0.291. The minimum absolute atomic E-state index is 0.00107. The zero-order valence-electron chi connectivity index (χ0n) is 12.7. The first-order valence-corrected chi connectivity index (χ1v) is 7.69. The molecule has 1 aliphatic heterocycles. The molecule has 5 nitrogen and oxygen atoms in total. The summed E-state index contributed by atoms with van der Waals surface area (Å²) in [7, 11) is 0. The van der Waals surface area contributed by atoms with Crippen molar-refractivity contribution in [1.82, 2.24) is 0 Å². The van der Waals surface area contributed by atoms with E-state index in [0.717, 1.165) is 6.07 Å². The molecule has 0 fully saturated rings. The number of nitrogens with zero attached hydrogens (tertiary/aromatic N) is 3. The summed E-state index contributed by atoms with van der Waals surface area (Å²) in [5.41, 5.74) is 8.43. The van der Waals surface area contributed by atoms with E-state index in [2.05, 4.69) is 15.3 Å². The second-order valence-electron chi connectivity index (χ2n) is 5.40. The highest BCUT2D eigenvalue weighted by atomic mass is 35.5. The number of hydrogen-bond donors (Lipinski definition) is 1. The average molecular weight is 369 g/mol. The number of fused-ring (bicyclic) bond motifs is 1. The summed E-state index contributed by atoms with van der Waals surface area (Å²) < 4.78 is 46.0. The number of nitrogens with one attached hydrogen (secondary N) is 1. The molecule has 0 bridgehead atoms. The van der Waals surface area contributed by atoms with E-state index >= 15 is 0 Å². The van der Waals surface area contributed by atoms with E-state index in [4.69, 9.17) is 21.9 Å². The summed E-state index contributed by atoms with van der Waals surface area (Å²) in [6.45, 7) is 0.465. The van der Waals surface area contributed by atoms with E-state index in [1.807, 2.05) is 0 Å². The van der Waals surface area contributed by atoms with Crippen molar-refractivity contribution in [1.29, 1.82) is 0 Å². The second-order valence-corrected chi connectivity index (χ2v) is 5.84. The quantitative estimate of drug-likeness (QED) is 0.441. The molecule has 1 heterocycles. The first kappa shape index (κ1) is 17.3. The smallest absolute Gasteiger partial charge is 0.417 e. The van der Waals surface area contributed by atoms with Crippen LogP contribution in [-0.2, 0) is 6.18 Å². The topological polar surface area (TPSA) is 70.0 Å². The summed E-state index contributed by atoms with van der Waals surface area (Å²) in [5, 5.41) is 6.54. The van der Waals surface area contributed by atoms with Crippen LogP contribution in [0.15, 0.2) is 41.5 Å². The highest BCUT2D eigenvalue weighted by Crippen LogP contribution is 2.45. The summed E-state index contributed by atoms with van der Waals surface area (Å²) in [6.07, 6.45) is -5.03. The summed E-state index contributed by atoms with van der Waals surface area (Å²) in [4.78, 5) is 2.68. The predicted molar refractivity (Wildman–Crippen MR) is 88.8 cm³/mol. The van der Waals surface area contributed by atoms with Crippen LogP contribution >= 0.6 is 11.6 Å². The Balaban J connectivity index is 2.10. The Kier molecular flexibility index (Phi) is 4.65. The van der Waals surface area contributed by atoms with Crippen molar-refractivity contribution in [3.63, 3.8) is 0 Å². The number of hydrogen-bond acceptors (Lipinski definition) is 3. The van der Waals surface area contributed by atoms with E-state index in [0.29, 0.717) is 23.5 Å². The molecule has 0 aromatic heterocycles. The number of benzene rings is 2. The molecule has 9 heteroatoms. The monoisotopic (exact) mass is 368 g/mol. The van der Waals surface area contributed by atoms with Crippen molar-refractivity contribution < 1.29 is 17.9 Å². The number of para-hydroxylation sites is 1. The largest absolute Gasteiger partial charge is 0.486 e. The van der Waals surface area contributed by atoms with Crippen molar-refractivity contribution in [3.8, 4) is 16.9 Å². The summed E-state index contributed by atoms with van der Waals surface area (Å²) in [6, 6.07) is 8.53. The molecule has 25 heavy (non-hydrogen) atoms. The van der Waals surface area contributed by atoms with Crippen LogP contribution < -0.4 is 10.1 Å². The molecule has 3 rings (SSSR count). The van der Waals surface area contributed by atoms with E-state index in [9.17, 15) is 13.2 Å². The van der Waals surface area contributed by atoms with Gasteiger partial charge in [0.05, 0.1) is 24.3 Å². The van der Waals surface area contributed by atoms with Gasteiger partial charge in [0.1, 0.15) is 6.10 Å². The third-order valence-electron chi connectivity index (χ3n) is 3.75. The maximum Gasteiger partial charge on any atom is 0.417 e. The molecule has 1 aliphatic rings. The molecule has 0 aliphatic carbocycles. The number of alkyl halides is 3. The molecule has 1 unspecified atom stereocenters. The van der Waals surface area contributed by atoms with Gasteiger partial charge in [-0.3, -0.25) is 0 Å². The normalized spacial score (nSPS) is 16.2. The first-order chi connectivity index (χ1) is 11.9. The van der Waals surface area contributed by atoms with Crippen LogP contribution in [0, 0.1) is 0 Å². The Morgan fingerprint density at radius 1 is 1.28 bits per heavy atom. The van der Waals surface area contributed by atoms with Crippen LogP contribution in [0.4, 0.5) is 18.9 Å². The number of ether oxygens (including phenoxy) is 1. The number of azide groups is 1. The van der Waals surface area contributed by atoms with Crippen LogP contribution in [0.1, 0.15) is 5.56 Å². The highest BCUT2D eigenvalue weighted by molar-refractivity contribution is 6.30. The zero-order chi connectivity index (χ0) is 18.0. The maximum atomic E-state index is 13.4. The van der Waals surface area contributed by atoms with Gasteiger partial charge in [-0.2, -0.15) is 13.2 Å². The molecule has 2 aromatic carbocycles. The van der Waals surface area contributed by atoms with Gasteiger partial charge in [-0.05, 0) is 29.3 Å². The Morgan fingerprint density at radius 2 is 2.08 bits per heavy atom. The Bertz CT molecular complexity index is 850. The van der Waals surface area contributed by atoms with Crippen LogP contribution in [0.2, 0.25) is 5.02 Å². The van der Waals surface area contributed by atoms with Crippen molar-refractivity contribution >= 4 is 17.3 Å². The van der Waals surface area contributed by atoms with Gasteiger partial charge >= 0.3 is 6.18 Å². The van der Waals surface area contributed by atoms with Gasteiger partial charge in [0, 0.05) is 15.5 Å². The average Bonchev–Trinajstić information content (AvgIpc) is 2.58. The Morgan fingerprint density at radius 3 is 2.80 bits per heavy atom. The molecular formula is C16H12ClF3N4O. The van der Waals surface area contributed by atoms with Gasteiger partial charge in [0.25, 0.3) is 0 Å². The lowest BCUT2D eigenvalue weighted by molar-refractivity contribution is -0.137. The molecule has 0 spiro atoms. The minimum atomic E-state index is -4.56. The van der Waals surface area contributed by atoms with E-state index in [-0.39, 0.29) is 17.1 Å². The Labute approximate surface area is 146 Å². The van der Waals surface area contributed by atoms with Gasteiger partial charge in [0.2, 0.25) is 0 Å². The third-order valence-corrected chi connectivity index (χ3v) is 3.98.